The van der Waals surface area contributed by atoms with Crippen molar-refractivity contribution in [2.24, 2.45) is 0 Å². The second kappa shape index (κ2) is 9.01. The molecule has 3 heterocycles. The highest BCUT2D eigenvalue weighted by molar-refractivity contribution is 5.97. The van der Waals surface area contributed by atoms with Gasteiger partial charge in [0.15, 0.2) is 0 Å². The van der Waals surface area contributed by atoms with Crippen molar-refractivity contribution in [1.82, 2.24) is 19.8 Å². The summed E-state index contributed by atoms with van der Waals surface area (Å²) in [5, 5.41) is 5.52. The molecule has 12 heteroatoms. The van der Waals surface area contributed by atoms with Gasteiger partial charge in [-0.3, -0.25) is 4.79 Å². The second-order valence-corrected chi connectivity index (χ2v) is 7.98. The van der Waals surface area contributed by atoms with Crippen molar-refractivity contribution in [3.63, 3.8) is 0 Å². The summed E-state index contributed by atoms with van der Waals surface area (Å²) in [6.07, 6.45) is -3.71. The molecule has 0 aliphatic carbocycles. The summed E-state index contributed by atoms with van der Waals surface area (Å²) < 4.78 is 60.3. The fourth-order valence-corrected chi connectivity index (χ4v) is 3.92. The van der Waals surface area contributed by atoms with Crippen molar-refractivity contribution in [2.45, 2.75) is 6.18 Å². The number of nitrogens with one attached hydrogen (secondary N) is 3. The summed E-state index contributed by atoms with van der Waals surface area (Å²) in [5.41, 5.74) is -0.608. The van der Waals surface area contributed by atoms with Crippen LogP contribution < -0.4 is 15.4 Å². The molecule has 2 aromatic heterocycles. The third kappa shape index (κ3) is 4.45. The minimum atomic E-state index is -4.56. The number of fused-ring (bicyclic) bond motifs is 1. The molecule has 34 heavy (non-hydrogen) atoms. The number of alkyl halides is 3. The SMILES string of the molecule is CNc1cc(Nc2cc(F)c(C(=O)N3CCN(C)CC3)cc2OC)nc2[nH]cc(C(F)(F)F)c12. The number of piperazine rings is 1. The van der Waals surface area contributed by atoms with Crippen molar-refractivity contribution in [1.29, 1.82) is 0 Å². The molecule has 1 saturated heterocycles. The molecule has 1 aromatic carbocycles. The Morgan fingerprint density at radius 3 is 2.47 bits per heavy atom. The fourth-order valence-electron chi connectivity index (χ4n) is 3.92. The van der Waals surface area contributed by atoms with Crippen LogP contribution in [0.5, 0.6) is 5.75 Å². The number of hydrogen-bond donors (Lipinski definition) is 3. The Morgan fingerprint density at radius 2 is 1.85 bits per heavy atom. The second-order valence-electron chi connectivity index (χ2n) is 7.98. The molecule has 0 spiro atoms. The Kier molecular flexibility index (Phi) is 6.26. The Labute approximate surface area is 192 Å². The summed E-state index contributed by atoms with van der Waals surface area (Å²) in [4.78, 5) is 23.2. The number of rotatable bonds is 5. The molecule has 0 saturated carbocycles. The first-order valence-corrected chi connectivity index (χ1v) is 10.5. The summed E-state index contributed by atoms with van der Waals surface area (Å²) in [5.74, 6) is -0.836. The van der Waals surface area contributed by atoms with Gasteiger partial charge in [0.2, 0.25) is 0 Å². The predicted molar refractivity (Wildman–Crippen MR) is 120 cm³/mol. The number of benzene rings is 1. The lowest BCUT2D eigenvalue weighted by Crippen LogP contribution is -2.47. The van der Waals surface area contributed by atoms with Crippen LogP contribution in [0, 0.1) is 5.82 Å². The lowest BCUT2D eigenvalue weighted by atomic mass is 10.1. The molecule has 4 rings (SSSR count). The highest BCUT2D eigenvalue weighted by atomic mass is 19.4. The summed E-state index contributed by atoms with van der Waals surface area (Å²) >= 11 is 0. The molecule has 3 aromatic rings. The molecule has 1 aliphatic heterocycles. The van der Waals surface area contributed by atoms with E-state index in [1.165, 1.54) is 26.3 Å². The summed E-state index contributed by atoms with van der Waals surface area (Å²) in [6, 6.07) is 3.81. The molecule has 8 nitrogen and oxygen atoms in total. The van der Waals surface area contributed by atoms with E-state index in [9.17, 15) is 22.4 Å². The number of carbonyl (C=O) groups is 1. The minimum Gasteiger partial charge on any atom is -0.495 e. The third-order valence-corrected chi connectivity index (χ3v) is 5.79. The Morgan fingerprint density at radius 1 is 1.15 bits per heavy atom. The Balaban J connectivity index is 1.66. The number of pyridine rings is 1. The van der Waals surface area contributed by atoms with Crippen molar-refractivity contribution in [3.8, 4) is 5.75 Å². The lowest BCUT2D eigenvalue weighted by Gasteiger charge is -2.32. The number of H-pyrrole nitrogens is 1. The standard InChI is InChI=1S/C22H24F4N6O2/c1-27-16-10-18(30-20-19(16)13(11-28-20)22(24,25)26)29-15-9-14(23)12(8-17(15)34-3)21(33)32-6-4-31(2)5-7-32/h8-11H,4-7H2,1-3H3,(H3,27,28,29,30). The predicted octanol–water partition coefficient (Wildman–Crippen LogP) is 3.90. The normalized spacial score (nSPS) is 15.0. The third-order valence-electron chi connectivity index (χ3n) is 5.79. The number of halogens is 4. The maximum atomic E-state index is 15.0. The molecule has 182 valence electrons. The van der Waals surface area contributed by atoms with Crippen molar-refractivity contribution < 1.29 is 27.1 Å². The number of amides is 1. The van der Waals surface area contributed by atoms with E-state index in [2.05, 4.69) is 25.5 Å². The molecule has 3 N–H and O–H groups in total. The number of nitrogens with zero attached hydrogens (tertiary/aromatic N) is 3. The topological polar surface area (TPSA) is 85.5 Å². The van der Waals surface area contributed by atoms with Gasteiger partial charge in [-0.15, -0.1) is 0 Å². The maximum absolute atomic E-state index is 15.0. The van der Waals surface area contributed by atoms with Gasteiger partial charge in [-0.1, -0.05) is 0 Å². The van der Waals surface area contributed by atoms with Gasteiger partial charge in [-0.05, 0) is 13.1 Å². The van der Waals surface area contributed by atoms with Crippen molar-refractivity contribution in [3.05, 3.63) is 41.3 Å². The van der Waals surface area contributed by atoms with Gasteiger partial charge in [-0.25, -0.2) is 9.37 Å². The monoisotopic (exact) mass is 480 g/mol. The zero-order chi connectivity index (χ0) is 24.6. The first-order valence-electron chi connectivity index (χ1n) is 10.5. The molecule has 0 bridgehead atoms. The zero-order valence-electron chi connectivity index (χ0n) is 18.8. The number of methoxy groups -OCH3 is 1. The van der Waals surface area contributed by atoms with E-state index >= 15 is 0 Å². The van der Waals surface area contributed by atoms with Crippen LogP contribution in [0.4, 0.5) is 34.8 Å². The number of aromatic nitrogens is 2. The van der Waals surface area contributed by atoms with Crippen LogP contribution in [-0.4, -0.2) is 73.1 Å². The number of likely N-dealkylation sites (N-methyl/N-ethyl adjacent to an activating group) is 1. The van der Waals surface area contributed by atoms with Gasteiger partial charge in [0, 0.05) is 57.2 Å². The van der Waals surface area contributed by atoms with E-state index in [0.29, 0.717) is 26.2 Å². The van der Waals surface area contributed by atoms with Crippen molar-refractivity contribution in [2.75, 3.05) is 58.0 Å². The van der Waals surface area contributed by atoms with E-state index in [1.54, 1.807) is 4.90 Å². The lowest BCUT2D eigenvalue weighted by molar-refractivity contribution is -0.136. The number of anilines is 3. The van der Waals surface area contributed by atoms with Gasteiger partial charge in [0.25, 0.3) is 5.91 Å². The van der Waals surface area contributed by atoms with Gasteiger partial charge in [0.1, 0.15) is 23.0 Å². The number of ether oxygens (including phenoxy) is 1. The van der Waals surface area contributed by atoms with Crippen LogP contribution in [0.2, 0.25) is 0 Å². The van der Waals surface area contributed by atoms with Crippen LogP contribution in [0.25, 0.3) is 11.0 Å². The summed E-state index contributed by atoms with van der Waals surface area (Å²) in [6.45, 7) is 2.37. The molecular weight excluding hydrogens is 456 g/mol. The largest absolute Gasteiger partial charge is 0.495 e. The molecular formula is C22H24F4N6O2. The Bertz CT molecular complexity index is 1220. The Hall–Kier alpha value is -3.54. The number of aromatic amines is 1. The van der Waals surface area contributed by atoms with E-state index in [0.717, 1.165) is 12.3 Å². The molecule has 0 radical (unpaired) electrons. The van der Waals surface area contributed by atoms with Crippen LogP contribution >= 0.6 is 0 Å². The molecule has 0 unspecified atom stereocenters. The van der Waals surface area contributed by atoms with Gasteiger partial charge in [-0.2, -0.15) is 13.2 Å². The van der Waals surface area contributed by atoms with Crippen LogP contribution in [0.1, 0.15) is 15.9 Å². The van der Waals surface area contributed by atoms with Crippen LogP contribution in [0.15, 0.2) is 24.4 Å². The smallest absolute Gasteiger partial charge is 0.418 e. The van der Waals surface area contributed by atoms with Crippen molar-refractivity contribution >= 4 is 34.1 Å². The summed E-state index contributed by atoms with van der Waals surface area (Å²) in [7, 11) is 4.82. The minimum absolute atomic E-state index is 0.00276. The van der Waals surface area contributed by atoms with E-state index in [4.69, 9.17) is 4.74 Å². The molecule has 1 amide bonds. The van der Waals surface area contributed by atoms with Crippen LogP contribution in [0.3, 0.4) is 0 Å². The zero-order valence-corrected chi connectivity index (χ0v) is 18.8. The first-order chi connectivity index (χ1) is 16.1. The quantitative estimate of drug-likeness (QED) is 0.481. The molecule has 1 fully saturated rings. The first kappa shape index (κ1) is 23.6. The van der Waals surface area contributed by atoms with Crippen LogP contribution in [-0.2, 0) is 6.18 Å². The van der Waals surface area contributed by atoms with Gasteiger partial charge >= 0.3 is 6.18 Å². The van der Waals surface area contributed by atoms with E-state index < -0.39 is 23.5 Å². The van der Waals surface area contributed by atoms with Gasteiger partial charge < -0.3 is 30.2 Å². The average Bonchev–Trinajstić information content (AvgIpc) is 3.23. The highest BCUT2D eigenvalue weighted by Gasteiger charge is 2.35. The maximum Gasteiger partial charge on any atom is 0.418 e. The average molecular weight is 480 g/mol. The number of carbonyl (C=O) groups excluding carboxylic acids is 1. The molecule has 1 aliphatic rings. The van der Waals surface area contributed by atoms with E-state index in [-0.39, 0.29) is 39.5 Å². The van der Waals surface area contributed by atoms with E-state index in [1.807, 2.05) is 7.05 Å². The fraction of sp³-hybridized carbons (Fsp3) is 0.364. The van der Waals surface area contributed by atoms with Gasteiger partial charge in [0.05, 0.1) is 29.3 Å². The highest BCUT2D eigenvalue weighted by Crippen LogP contribution is 2.39. The molecule has 0 atom stereocenters. The number of hydrogen-bond acceptors (Lipinski definition) is 6.